The maximum atomic E-state index is 12.5. The summed E-state index contributed by atoms with van der Waals surface area (Å²) in [4.78, 5) is 69.8. The summed E-state index contributed by atoms with van der Waals surface area (Å²) < 4.78 is 16.0. The third-order valence-electron chi connectivity index (χ3n) is 3.34. The van der Waals surface area contributed by atoms with Gasteiger partial charge in [0.15, 0.2) is 0 Å². The molecule has 0 saturated heterocycles. The first kappa shape index (κ1) is 27.0. The number of hydrogen-bond donors (Lipinski definition) is 0. The lowest BCUT2D eigenvalue weighted by Crippen LogP contribution is -2.55. The van der Waals surface area contributed by atoms with Crippen molar-refractivity contribution in [2.45, 2.75) is 26.6 Å². The molecule has 0 spiro atoms. The van der Waals surface area contributed by atoms with Gasteiger partial charge in [0.05, 0.1) is 19.6 Å². The molecule has 0 fully saturated rings. The standard InChI is InChI=1S/C16H19N3O9.C3H6/c1-3-12(21)27-9-6-18-14(23)17(5-8-26-11-20)15(24)19(16(18)25)7-10-28-13(22)4-2;1-3-2/h3-4,11H,1-2,5-10H2;3H,1H2,2H3. The van der Waals surface area contributed by atoms with Crippen LogP contribution in [0.5, 0.6) is 0 Å². The third-order valence-corrected chi connectivity index (χ3v) is 3.34. The van der Waals surface area contributed by atoms with Gasteiger partial charge in [-0.2, -0.15) is 0 Å². The predicted octanol–water partition coefficient (Wildman–Crippen LogP) is -1.00. The van der Waals surface area contributed by atoms with E-state index in [-0.39, 0.29) is 45.9 Å². The van der Waals surface area contributed by atoms with E-state index in [0.717, 1.165) is 12.2 Å². The van der Waals surface area contributed by atoms with E-state index in [1.165, 1.54) is 0 Å². The van der Waals surface area contributed by atoms with Gasteiger partial charge in [-0.25, -0.2) is 37.7 Å². The molecular formula is C19H25N3O9. The van der Waals surface area contributed by atoms with Gasteiger partial charge in [0.1, 0.15) is 19.8 Å². The summed E-state index contributed by atoms with van der Waals surface area (Å²) in [5.74, 6) is -1.50. The first-order valence-corrected chi connectivity index (χ1v) is 8.94. The van der Waals surface area contributed by atoms with Gasteiger partial charge < -0.3 is 14.2 Å². The second-order valence-electron chi connectivity index (χ2n) is 5.42. The molecule has 1 aromatic rings. The van der Waals surface area contributed by atoms with Crippen LogP contribution in [0, 0.1) is 0 Å². The van der Waals surface area contributed by atoms with Crippen LogP contribution in [-0.4, -0.2) is 51.9 Å². The van der Waals surface area contributed by atoms with Crippen LogP contribution in [0.1, 0.15) is 6.92 Å². The zero-order chi connectivity index (χ0) is 23.8. The highest BCUT2D eigenvalue weighted by molar-refractivity contribution is 5.81. The Kier molecular flexibility index (Phi) is 13.0. The predicted molar refractivity (Wildman–Crippen MR) is 109 cm³/mol. The summed E-state index contributed by atoms with van der Waals surface area (Å²) in [6, 6.07) is 0. The van der Waals surface area contributed by atoms with E-state index in [1.54, 1.807) is 6.08 Å². The van der Waals surface area contributed by atoms with E-state index in [0.29, 0.717) is 13.7 Å². The van der Waals surface area contributed by atoms with Gasteiger partial charge in [0, 0.05) is 12.2 Å². The molecule has 12 heteroatoms. The van der Waals surface area contributed by atoms with Crippen LogP contribution < -0.4 is 17.1 Å². The van der Waals surface area contributed by atoms with Crippen LogP contribution in [-0.2, 0) is 48.2 Å². The first-order valence-electron chi connectivity index (χ1n) is 8.94. The Morgan fingerprint density at radius 2 is 1.10 bits per heavy atom. The first-order chi connectivity index (χ1) is 14.8. The molecule has 1 heterocycles. The Hall–Kier alpha value is -3.96. The molecule has 170 valence electrons. The summed E-state index contributed by atoms with van der Waals surface area (Å²) >= 11 is 0. The molecule has 0 aliphatic rings. The van der Waals surface area contributed by atoms with Crippen molar-refractivity contribution in [3.8, 4) is 0 Å². The quantitative estimate of drug-likeness (QED) is 0.0999. The molecule has 0 bridgehead atoms. The lowest BCUT2D eigenvalue weighted by atomic mass is 10.5. The number of carbonyl (C=O) groups is 3. The lowest BCUT2D eigenvalue weighted by molar-refractivity contribution is -0.138. The summed E-state index contributed by atoms with van der Waals surface area (Å²) in [7, 11) is 0. The zero-order valence-corrected chi connectivity index (χ0v) is 17.2. The topological polar surface area (TPSA) is 145 Å². The van der Waals surface area contributed by atoms with Crippen molar-refractivity contribution in [1.82, 2.24) is 13.7 Å². The SMILES string of the molecule is C=CC.C=CC(=O)OCCn1c(=O)n(CCOC=O)c(=O)n(CCOC(=O)C=C)c1=O. The zero-order valence-electron chi connectivity index (χ0n) is 17.2. The van der Waals surface area contributed by atoms with Crippen LogP contribution in [0.4, 0.5) is 0 Å². The molecule has 0 atom stereocenters. The van der Waals surface area contributed by atoms with E-state index < -0.39 is 29.0 Å². The molecule has 0 N–H and O–H groups in total. The second-order valence-corrected chi connectivity index (χ2v) is 5.42. The number of nitrogens with zero attached hydrogens (tertiary/aromatic N) is 3. The fourth-order valence-electron chi connectivity index (χ4n) is 2.04. The summed E-state index contributed by atoms with van der Waals surface area (Å²) in [6.45, 7) is 9.90. The molecule has 0 radical (unpaired) electrons. The fraction of sp³-hybridized carbons (Fsp3) is 0.368. The third kappa shape index (κ3) is 8.94. The average Bonchev–Trinajstić information content (AvgIpc) is 2.75. The van der Waals surface area contributed by atoms with Crippen LogP contribution >= 0.6 is 0 Å². The van der Waals surface area contributed by atoms with Gasteiger partial charge in [-0.1, -0.05) is 19.2 Å². The molecule has 31 heavy (non-hydrogen) atoms. The number of hydrogen-bond acceptors (Lipinski definition) is 9. The summed E-state index contributed by atoms with van der Waals surface area (Å²) in [5, 5.41) is 0. The number of rotatable bonds is 12. The van der Waals surface area contributed by atoms with Crippen molar-refractivity contribution in [3.05, 3.63) is 69.4 Å². The number of allylic oxidation sites excluding steroid dienone is 1. The Morgan fingerprint density at radius 3 is 1.39 bits per heavy atom. The van der Waals surface area contributed by atoms with Crippen LogP contribution in [0.3, 0.4) is 0 Å². The Labute approximate surface area is 177 Å². The molecule has 0 aromatic carbocycles. The average molecular weight is 439 g/mol. The van der Waals surface area contributed by atoms with Crippen molar-refractivity contribution in [3.63, 3.8) is 0 Å². The van der Waals surface area contributed by atoms with Gasteiger partial charge in [-0.05, 0) is 6.92 Å². The smallest absolute Gasteiger partial charge is 0.336 e. The minimum absolute atomic E-state index is 0.142. The van der Waals surface area contributed by atoms with Gasteiger partial charge in [0.25, 0.3) is 6.47 Å². The molecule has 1 rings (SSSR count). The number of ether oxygens (including phenoxy) is 3. The molecule has 0 amide bonds. The normalized spacial score (nSPS) is 9.45. The summed E-state index contributed by atoms with van der Waals surface area (Å²) in [5.41, 5.74) is -2.93. The van der Waals surface area contributed by atoms with E-state index in [1.807, 2.05) is 6.92 Å². The molecule has 0 aliphatic heterocycles. The highest BCUT2D eigenvalue weighted by Gasteiger charge is 2.16. The Balaban J connectivity index is 0.00000282. The van der Waals surface area contributed by atoms with Crippen LogP contribution in [0.15, 0.2) is 52.3 Å². The van der Waals surface area contributed by atoms with Crippen molar-refractivity contribution in [1.29, 1.82) is 0 Å². The number of aromatic nitrogens is 3. The lowest BCUT2D eigenvalue weighted by Gasteiger charge is -2.13. The maximum absolute atomic E-state index is 12.5. The van der Waals surface area contributed by atoms with E-state index in [9.17, 15) is 28.8 Å². The highest BCUT2D eigenvalue weighted by atomic mass is 16.5. The van der Waals surface area contributed by atoms with Gasteiger partial charge in [-0.15, -0.1) is 6.58 Å². The van der Waals surface area contributed by atoms with E-state index in [4.69, 9.17) is 9.47 Å². The number of carbonyl (C=O) groups excluding carboxylic acids is 3. The van der Waals surface area contributed by atoms with E-state index >= 15 is 0 Å². The number of esters is 2. The Morgan fingerprint density at radius 1 is 0.774 bits per heavy atom. The van der Waals surface area contributed by atoms with Crippen molar-refractivity contribution in [2.75, 3.05) is 19.8 Å². The van der Waals surface area contributed by atoms with Gasteiger partial charge >= 0.3 is 29.0 Å². The van der Waals surface area contributed by atoms with Crippen LogP contribution in [0.2, 0.25) is 0 Å². The van der Waals surface area contributed by atoms with E-state index in [2.05, 4.69) is 24.5 Å². The molecule has 0 unspecified atom stereocenters. The molecule has 0 saturated carbocycles. The molecule has 12 nitrogen and oxygen atoms in total. The Bertz CT molecular complexity index is 905. The monoisotopic (exact) mass is 439 g/mol. The van der Waals surface area contributed by atoms with Crippen molar-refractivity contribution < 1.29 is 28.6 Å². The van der Waals surface area contributed by atoms with Crippen LogP contribution in [0.25, 0.3) is 0 Å². The van der Waals surface area contributed by atoms with Crippen molar-refractivity contribution >= 4 is 18.4 Å². The van der Waals surface area contributed by atoms with Crippen molar-refractivity contribution in [2.24, 2.45) is 0 Å². The maximum Gasteiger partial charge on any atom is 0.336 e. The largest absolute Gasteiger partial charge is 0.466 e. The summed E-state index contributed by atoms with van der Waals surface area (Å²) in [6.07, 6.45) is 3.57. The van der Waals surface area contributed by atoms with Gasteiger partial charge in [0.2, 0.25) is 0 Å². The molecule has 1 aromatic heterocycles. The van der Waals surface area contributed by atoms with Gasteiger partial charge in [-0.3, -0.25) is 4.79 Å². The molecular weight excluding hydrogens is 414 g/mol. The minimum Gasteiger partial charge on any atom is -0.466 e. The highest BCUT2D eigenvalue weighted by Crippen LogP contribution is 1.85. The molecule has 0 aliphatic carbocycles. The fourth-order valence-corrected chi connectivity index (χ4v) is 2.04. The second kappa shape index (κ2) is 15.0. The minimum atomic E-state index is -0.980.